The maximum Gasteiger partial charge on any atom is 0.227 e. The zero-order valence-electron chi connectivity index (χ0n) is 11.8. The van der Waals surface area contributed by atoms with Gasteiger partial charge in [-0.25, -0.2) is 4.98 Å². The van der Waals surface area contributed by atoms with Gasteiger partial charge in [-0.2, -0.15) is 10.1 Å². The van der Waals surface area contributed by atoms with E-state index in [2.05, 4.69) is 28.9 Å². The van der Waals surface area contributed by atoms with Crippen molar-refractivity contribution in [2.45, 2.75) is 45.6 Å². The van der Waals surface area contributed by atoms with E-state index in [0.717, 1.165) is 24.2 Å². The van der Waals surface area contributed by atoms with Crippen LogP contribution in [0.15, 0.2) is 12.4 Å². The Morgan fingerprint density at radius 3 is 2.70 bits per heavy atom. The molecule has 6 heteroatoms. The van der Waals surface area contributed by atoms with Crippen molar-refractivity contribution in [3.63, 3.8) is 0 Å². The molecule has 5 nitrogen and oxygen atoms in total. The van der Waals surface area contributed by atoms with E-state index in [-0.39, 0.29) is 0 Å². The Morgan fingerprint density at radius 2 is 2.10 bits per heavy atom. The molecule has 2 aromatic rings. The molecule has 1 aliphatic rings. The second kappa shape index (κ2) is 5.05. The predicted molar refractivity (Wildman–Crippen MR) is 76.4 cm³/mol. The van der Waals surface area contributed by atoms with Crippen molar-refractivity contribution in [2.75, 3.05) is 0 Å². The third-order valence-electron chi connectivity index (χ3n) is 3.32. The van der Waals surface area contributed by atoms with Crippen LogP contribution in [0.4, 0.5) is 0 Å². The second-order valence-electron chi connectivity index (χ2n) is 5.43. The molecule has 1 aliphatic carbocycles. The molecule has 0 spiro atoms. The summed E-state index contributed by atoms with van der Waals surface area (Å²) in [5, 5.41) is 4.71. The minimum Gasteiger partial charge on any atom is -0.435 e. The molecule has 0 aromatic carbocycles. The van der Waals surface area contributed by atoms with E-state index in [1.54, 1.807) is 6.20 Å². The lowest BCUT2D eigenvalue weighted by molar-refractivity contribution is 0.451. The van der Waals surface area contributed by atoms with Crippen LogP contribution in [0, 0.1) is 6.92 Å². The van der Waals surface area contributed by atoms with E-state index in [1.165, 1.54) is 0 Å². The molecule has 0 atom stereocenters. The fourth-order valence-electron chi connectivity index (χ4n) is 1.88. The maximum absolute atomic E-state index is 6.16. The molecule has 1 fully saturated rings. The van der Waals surface area contributed by atoms with E-state index in [0.29, 0.717) is 28.7 Å². The molecule has 0 radical (unpaired) electrons. The van der Waals surface area contributed by atoms with Gasteiger partial charge in [0.25, 0.3) is 0 Å². The maximum atomic E-state index is 6.16. The van der Waals surface area contributed by atoms with Crippen LogP contribution >= 0.6 is 11.6 Å². The Bertz CT molecular complexity index is 634. The molecule has 2 heterocycles. The van der Waals surface area contributed by atoms with Crippen LogP contribution < -0.4 is 4.74 Å². The summed E-state index contributed by atoms with van der Waals surface area (Å²) in [7, 11) is 0. The number of hydrogen-bond acceptors (Lipinski definition) is 4. The smallest absolute Gasteiger partial charge is 0.227 e. The molecule has 0 aliphatic heterocycles. The van der Waals surface area contributed by atoms with Gasteiger partial charge in [0, 0.05) is 17.5 Å². The molecule has 2 aromatic heterocycles. The first-order valence-corrected chi connectivity index (χ1v) is 7.18. The minimum atomic E-state index is 0.296. The summed E-state index contributed by atoms with van der Waals surface area (Å²) in [4.78, 5) is 8.81. The van der Waals surface area contributed by atoms with Crippen molar-refractivity contribution < 1.29 is 4.74 Å². The molecule has 0 amide bonds. The summed E-state index contributed by atoms with van der Waals surface area (Å²) in [5.41, 5.74) is 0.758. The largest absolute Gasteiger partial charge is 0.435 e. The summed E-state index contributed by atoms with van der Waals surface area (Å²) < 4.78 is 7.66. The predicted octanol–water partition coefficient (Wildman–Crippen LogP) is 3.89. The highest BCUT2D eigenvalue weighted by Gasteiger charge is 2.28. The molecule has 20 heavy (non-hydrogen) atoms. The molecule has 0 N–H and O–H groups in total. The van der Waals surface area contributed by atoms with Gasteiger partial charge in [0.1, 0.15) is 11.0 Å². The van der Waals surface area contributed by atoms with Gasteiger partial charge in [-0.05, 0) is 33.6 Å². The highest BCUT2D eigenvalue weighted by Crippen LogP contribution is 2.40. The first kappa shape index (κ1) is 13.4. The van der Waals surface area contributed by atoms with E-state index in [9.17, 15) is 0 Å². The lowest BCUT2D eigenvalue weighted by Gasteiger charge is -2.09. The standard InChI is InChI=1S/C14H17ClN4O/c1-8(2)19-7-11(6-16-19)20-14-9(3)12(15)17-13(18-14)10-4-5-10/h6-8,10H,4-5H2,1-3H3. The molecular weight excluding hydrogens is 276 g/mol. The van der Waals surface area contributed by atoms with Crippen LogP contribution in [0.25, 0.3) is 0 Å². The SMILES string of the molecule is Cc1c(Cl)nc(C2CC2)nc1Oc1cnn(C(C)C)c1. The minimum absolute atomic E-state index is 0.296. The Kier molecular flexibility index (Phi) is 3.38. The van der Waals surface area contributed by atoms with Crippen LogP contribution in [0.2, 0.25) is 5.15 Å². The lowest BCUT2D eigenvalue weighted by atomic mass is 10.3. The molecule has 0 unspecified atom stereocenters. The fraction of sp³-hybridized carbons (Fsp3) is 0.500. The van der Waals surface area contributed by atoms with Crippen LogP contribution in [0.1, 0.15) is 50.0 Å². The molecule has 1 saturated carbocycles. The summed E-state index contributed by atoms with van der Waals surface area (Å²) in [5.74, 6) is 2.41. The number of halogens is 1. The van der Waals surface area contributed by atoms with Gasteiger partial charge in [-0.3, -0.25) is 4.68 Å². The Balaban J connectivity index is 1.88. The highest BCUT2D eigenvalue weighted by atomic mass is 35.5. The average Bonchev–Trinajstić information content (AvgIpc) is 3.14. The number of aromatic nitrogens is 4. The first-order valence-electron chi connectivity index (χ1n) is 6.80. The van der Waals surface area contributed by atoms with Crippen molar-refractivity contribution >= 4 is 11.6 Å². The highest BCUT2D eigenvalue weighted by molar-refractivity contribution is 6.30. The molecule has 0 saturated heterocycles. The lowest BCUT2D eigenvalue weighted by Crippen LogP contribution is -2.01. The van der Waals surface area contributed by atoms with Gasteiger partial charge >= 0.3 is 0 Å². The van der Waals surface area contributed by atoms with Crippen molar-refractivity contribution in [3.05, 3.63) is 28.9 Å². The zero-order valence-corrected chi connectivity index (χ0v) is 12.6. The van der Waals surface area contributed by atoms with E-state index in [1.807, 2.05) is 17.8 Å². The summed E-state index contributed by atoms with van der Waals surface area (Å²) in [6.07, 6.45) is 5.80. The van der Waals surface area contributed by atoms with Crippen LogP contribution in [0.5, 0.6) is 11.6 Å². The van der Waals surface area contributed by atoms with Crippen molar-refractivity contribution in [2.24, 2.45) is 0 Å². The number of hydrogen-bond donors (Lipinski definition) is 0. The Labute approximate surface area is 123 Å². The monoisotopic (exact) mass is 292 g/mol. The normalized spacial score (nSPS) is 14.8. The molecule has 3 rings (SSSR count). The van der Waals surface area contributed by atoms with E-state index >= 15 is 0 Å². The first-order chi connectivity index (χ1) is 9.54. The van der Waals surface area contributed by atoms with Gasteiger partial charge in [-0.15, -0.1) is 0 Å². The van der Waals surface area contributed by atoms with Gasteiger partial charge in [0.2, 0.25) is 5.88 Å². The second-order valence-corrected chi connectivity index (χ2v) is 5.79. The molecule has 0 bridgehead atoms. The quantitative estimate of drug-likeness (QED) is 0.802. The summed E-state index contributed by atoms with van der Waals surface area (Å²) in [6, 6.07) is 0.296. The fourth-order valence-corrected chi connectivity index (χ4v) is 2.04. The van der Waals surface area contributed by atoms with Crippen molar-refractivity contribution in [1.82, 2.24) is 19.7 Å². The molecule has 106 valence electrons. The van der Waals surface area contributed by atoms with Gasteiger partial charge in [-0.1, -0.05) is 11.6 Å². The van der Waals surface area contributed by atoms with E-state index < -0.39 is 0 Å². The topological polar surface area (TPSA) is 52.8 Å². The van der Waals surface area contributed by atoms with Crippen LogP contribution in [-0.4, -0.2) is 19.7 Å². The summed E-state index contributed by atoms with van der Waals surface area (Å²) >= 11 is 6.16. The molecular formula is C14H17ClN4O. The van der Waals surface area contributed by atoms with Crippen molar-refractivity contribution in [3.8, 4) is 11.6 Å². The zero-order chi connectivity index (χ0) is 14.3. The van der Waals surface area contributed by atoms with Gasteiger partial charge in [0.15, 0.2) is 5.75 Å². The van der Waals surface area contributed by atoms with Gasteiger partial charge < -0.3 is 4.74 Å². The number of ether oxygens (including phenoxy) is 1. The van der Waals surface area contributed by atoms with Crippen LogP contribution in [-0.2, 0) is 0 Å². The Morgan fingerprint density at radius 1 is 1.35 bits per heavy atom. The number of nitrogens with zero attached hydrogens (tertiary/aromatic N) is 4. The number of rotatable bonds is 4. The van der Waals surface area contributed by atoms with Crippen molar-refractivity contribution in [1.29, 1.82) is 0 Å². The third kappa shape index (κ3) is 2.63. The van der Waals surface area contributed by atoms with Crippen LogP contribution in [0.3, 0.4) is 0 Å². The van der Waals surface area contributed by atoms with E-state index in [4.69, 9.17) is 16.3 Å². The Hall–Kier alpha value is -1.62. The third-order valence-corrected chi connectivity index (χ3v) is 3.69. The summed E-state index contributed by atoms with van der Waals surface area (Å²) in [6.45, 7) is 5.99. The average molecular weight is 293 g/mol. The van der Waals surface area contributed by atoms with Gasteiger partial charge in [0.05, 0.1) is 12.4 Å².